The Morgan fingerprint density at radius 3 is 2.83 bits per heavy atom. The first-order chi connectivity index (χ1) is 10.8. The van der Waals surface area contributed by atoms with Crippen LogP contribution in [0.4, 0.5) is 5.69 Å². The van der Waals surface area contributed by atoms with Crippen LogP contribution in [0.25, 0.3) is 11.0 Å². The van der Waals surface area contributed by atoms with E-state index in [-0.39, 0.29) is 11.2 Å². The van der Waals surface area contributed by atoms with Crippen LogP contribution in [0.15, 0.2) is 18.3 Å². The summed E-state index contributed by atoms with van der Waals surface area (Å²) in [5.74, 6) is 0. The third-order valence-corrected chi connectivity index (χ3v) is 6.35. The SMILES string of the molecule is CC(C)S(=O)(=O)n1ccc2c(N3CCOC[C@H]3C)cc(Cl)nc21. The highest BCUT2D eigenvalue weighted by atomic mass is 35.5. The molecule has 0 N–H and O–H groups in total. The first-order valence-corrected chi connectivity index (χ1v) is 9.47. The minimum Gasteiger partial charge on any atom is -0.377 e. The minimum atomic E-state index is -3.49. The molecule has 6 nitrogen and oxygen atoms in total. The molecule has 3 heterocycles. The molecule has 1 fully saturated rings. The average molecular weight is 358 g/mol. The van der Waals surface area contributed by atoms with Gasteiger partial charge in [0.05, 0.1) is 24.2 Å². The highest BCUT2D eigenvalue weighted by Crippen LogP contribution is 2.32. The third-order valence-electron chi connectivity index (χ3n) is 4.12. The summed E-state index contributed by atoms with van der Waals surface area (Å²) in [6, 6.07) is 3.77. The highest BCUT2D eigenvalue weighted by molar-refractivity contribution is 7.90. The molecule has 2 aromatic rings. The predicted molar refractivity (Wildman–Crippen MR) is 91.8 cm³/mol. The number of aromatic nitrogens is 2. The summed E-state index contributed by atoms with van der Waals surface area (Å²) in [5, 5.41) is 0.530. The molecule has 0 radical (unpaired) electrons. The monoisotopic (exact) mass is 357 g/mol. The average Bonchev–Trinajstić information content (AvgIpc) is 2.91. The van der Waals surface area contributed by atoms with Gasteiger partial charge in [-0.25, -0.2) is 17.4 Å². The minimum absolute atomic E-state index is 0.190. The summed E-state index contributed by atoms with van der Waals surface area (Å²) in [4.78, 5) is 6.44. The molecule has 3 rings (SSSR count). The van der Waals surface area contributed by atoms with Crippen LogP contribution in [-0.4, -0.2) is 48.4 Å². The van der Waals surface area contributed by atoms with Gasteiger partial charge in [0.25, 0.3) is 0 Å². The smallest absolute Gasteiger partial charge is 0.242 e. The Morgan fingerprint density at radius 1 is 1.43 bits per heavy atom. The van der Waals surface area contributed by atoms with Gasteiger partial charge >= 0.3 is 0 Å². The molecule has 1 atom stereocenters. The molecule has 1 saturated heterocycles. The van der Waals surface area contributed by atoms with Crippen molar-refractivity contribution >= 4 is 38.3 Å². The van der Waals surface area contributed by atoms with E-state index in [4.69, 9.17) is 16.3 Å². The fraction of sp³-hybridized carbons (Fsp3) is 0.533. The van der Waals surface area contributed by atoms with Crippen molar-refractivity contribution in [2.45, 2.75) is 32.1 Å². The van der Waals surface area contributed by atoms with Gasteiger partial charge in [0, 0.05) is 24.2 Å². The van der Waals surface area contributed by atoms with Gasteiger partial charge in [-0.05, 0) is 32.9 Å². The molecule has 23 heavy (non-hydrogen) atoms. The summed E-state index contributed by atoms with van der Waals surface area (Å²) in [7, 11) is -3.49. The van der Waals surface area contributed by atoms with Crippen LogP contribution in [0.1, 0.15) is 20.8 Å². The number of ether oxygens (including phenoxy) is 1. The summed E-state index contributed by atoms with van der Waals surface area (Å²) in [6.45, 7) is 7.37. The van der Waals surface area contributed by atoms with Gasteiger partial charge < -0.3 is 9.64 Å². The van der Waals surface area contributed by atoms with Gasteiger partial charge in [-0.2, -0.15) is 0 Å². The predicted octanol–water partition coefficient (Wildman–Crippen LogP) is 2.50. The van der Waals surface area contributed by atoms with E-state index in [0.717, 1.165) is 17.6 Å². The number of rotatable bonds is 3. The molecule has 2 aromatic heterocycles. The maximum Gasteiger partial charge on any atom is 0.242 e. The van der Waals surface area contributed by atoms with Crippen LogP contribution in [0.5, 0.6) is 0 Å². The highest BCUT2D eigenvalue weighted by Gasteiger charge is 2.26. The fourth-order valence-electron chi connectivity index (χ4n) is 2.79. The molecule has 0 amide bonds. The van der Waals surface area contributed by atoms with Gasteiger partial charge in [0.1, 0.15) is 5.15 Å². The summed E-state index contributed by atoms with van der Waals surface area (Å²) < 4.78 is 31.7. The Kier molecular flexibility index (Phi) is 4.29. The molecule has 1 aliphatic rings. The van der Waals surface area contributed by atoms with E-state index in [1.807, 2.05) is 0 Å². The Labute approximate surface area is 141 Å². The van der Waals surface area contributed by atoms with Gasteiger partial charge in [-0.1, -0.05) is 11.6 Å². The lowest BCUT2D eigenvalue weighted by Gasteiger charge is -2.35. The van der Waals surface area contributed by atoms with Gasteiger partial charge in [0.15, 0.2) is 5.65 Å². The van der Waals surface area contributed by atoms with Crippen LogP contribution in [0.2, 0.25) is 5.15 Å². The first kappa shape index (κ1) is 16.5. The maximum atomic E-state index is 12.5. The molecule has 0 aromatic carbocycles. The maximum absolute atomic E-state index is 12.5. The number of morpholine rings is 1. The van der Waals surface area contributed by atoms with Crippen molar-refractivity contribution in [3.05, 3.63) is 23.5 Å². The Hall–Kier alpha value is -1.31. The van der Waals surface area contributed by atoms with Crippen molar-refractivity contribution in [1.82, 2.24) is 8.96 Å². The van der Waals surface area contributed by atoms with Gasteiger partial charge in [0.2, 0.25) is 10.0 Å². The normalized spacial score (nSPS) is 19.7. The molecular weight excluding hydrogens is 338 g/mol. The lowest BCUT2D eigenvalue weighted by atomic mass is 10.2. The van der Waals surface area contributed by atoms with E-state index in [1.165, 1.54) is 3.97 Å². The second-order valence-corrected chi connectivity index (χ2v) is 8.78. The lowest BCUT2D eigenvalue weighted by Crippen LogP contribution is -2.43. The van der Waals surface area contributed by atoms with Gasteiger partial charge in [-0.15, -0.1) is 0 Å². The zero-order chi connectivity index (χ0) is 16.8. The number of hydrogen-bond acceptors (Lipinski definition) is 5. The molecule has 0 spiro atoms. The van der Waals surface area contributed by atoms with Gasteiger partial charge in [-0.3, -0.25) is 0 Å². The third kappa shape index (κ3) is 2.81. The molecule has 0 aliphatic carbocycles. The van der Waals surface area contributed by atoms with Crippen LogP contribution in [0.3, 0.4) is 0 Å². The second-order valence-electron chi connectivity index (χ2n) is 6.02. The van der Waals surface area contributed by atoms with Crippen molar-refractivity contribution in [2.24, 2.45) is 0 Å². The standard InChI is InChI=1S/C15H20ClN3O3S/c1-10(2)23(20,21)19-5-4-12-13(8-14(16)17-15(12)19)18-6-7-22-9-11(18)3/h4-5,8,10-11H,6-7,9H2,1-3H3/t11-/m1/s1. The van der Waals surface area contributed by atoms with E-state index in [0.29, 0.717) is 18.9 Å². The number of pyridine rings is 1. The van der Waals surface area contributed by atoms with Crippen LogP contribution in [0, 0.1) is 0 Å². The number of fused-ring (bicyclic) bond motifs is 1. The first-order valence-electron chi connectivity index (χ1n) is 7.58. The molecule has 8 heteroatoms. The van der Waals surface area contributed by atoms with Crippen molar-refractivity contribution in [1.29, 1.82) is 0 Å². The quantitative estimate of drug-likeness (QED) is 0.790. The summed E-state index contributed by atoms with van der Waals surface area (Å²) >= 11 is 6.17. The molecular formula is C15H20ClN3O3S. The second kappa shape index (κ2) is 5.96. The Balaban J connectivity index is 2.20. The molecule has 0 bridgehead atoms. The van der Waals surface area contributed by atoms with Crippen LogP contribution < -0.4 is 4.90 Å². The largest absolute Gasteiger partial charge is 0.377 e. The van der Waals surface area contributed by atoms with E-state index in [1.54, 1.807) is 32.2 Å². The van der Waals surface area contributed by atoms with Crippen molar-refractivity contribution in [3.63, 3.8) is 0 Å². The number of halogens is 1. The summed E-state index contributed by atoms with van der Waals surface area (Å²) in [6.07, 6.45) is 1.55. The number of nitrogens with zero attached hydrogens (tertiary/aromatic N) is 3. The zero-order valence-corrected chi connectivity index (χ0v) is 14.9. The van der Waals surface area contributed by atoms with E-state index in [2.05, 4.69) is 16.8 Å². The van der Waals surface area contributed by atoms with Crippen molar-refractivity contribution in [3.8, 4) is 0 Å². The van der Waals surface area contributed by atoms with Crippen molar-refractivity contribution in [2.75, 3.05) is 24.7 Å². The lowest BCUT2D eigenvalue weighted by molar-refractivity contribution is 0.0991. The van der Waals surface area contributed by atoms with Crippen LogP contribution in [-0.2, 0) is 14.8 Å². The molecule has 1 aliphatic heterocycles. The molecule has 0 unspecified atom stereocenters. The number of hydrogen-bond donors (Lipinski definition) is 0. The fourth-order valence-corrected chi connectivity index (χ4v) is 4.04. The van der Waals surface area contributed by atoms with E-state index in [9.17, 15) is 8.42 Å². The van der Waals surface area contributed by atoms with Crippen LogP contribution >= 0.6 is 11.6 Å². The van der Waals surface area contributed by atoms with E-state index >= 15 is 0 Å². The molecule has 0 saturated carbocycles. The zero-order valence-electron chi connectivity index (χ0n) is 13.4. The number of anilines is 1. The Bertz CT molecular complexity index is 832. The van der Waals surface area contributed by atoms with Crippen molar-refractivity contribution < 1.29 is 13.2 Å². The summed E-state index contributed by atoms with van der Waals surface area (Å²) in [5.41, 5.74) is 1.27. The molecule has 126 valence electrons. The Morgan fingerprint density at radius 2 is 2.17 bits per heavy atom. The van der Waals surface area contributed by atoms with E-state index < -0.39 is 15.3 Å². The topological polar surface area (TPSA) is 64.4 Å².